The molecular formula is C21H25N2O. The molecule has 1 heterocycles. The van der Waals surface area contributed by atoms with Gasteiger partial charge in [-0.25, -0.2) is 0 Å². The number of Topliss-reactive ketones (excluding diaryl/α,β-unsaturated/α-hetero) is 1. The van der Waals surface area contributed by atoms with Gasteiger partial charge in [0.05, 0.1) is 0 Å². The minimum absolute atomic E-state index is 0.0598. The Morgan fingerprint density at radius 3 is 2.50 bits per heavy atom. The number of ketones is 1. The second-order valence-electron chi connectivity index (χ2n) is 6.56. The maximum atomic E-state index is 13.1. The zero-order chi connectivity index (χ0) is 16.9. The van der Waals surface area contributed by atoms with Gasteiger partial charge in [0.25, 0.3) is 0 Å². The van der Waals surface area contributed by atoms with Gasteiger partial charge in [-0.1, -0.05) is 60.2 Å². The molecule has 0 spiro atoms. The Kier molecular flexibility index (Phi) is 5.44. The molecule has 3 nitrogen and oxygen atoms in total. The number of likely N-dealkylation sites (tertiary alicyclic amines) is 1. The van der Waals surface area contributed by atoms with Crippen molar-refractivity contribution in [2.45, 2.75) is 12.8 Å². The molecule has 0 unspecified atom stereocenters. The monoisotopic (exact) mass is 321 g/mol. The first-order valence-electron chi connectivity index (χ1n) is 8.60. The summed E-state index contributed by atoms with van der Waals surface area (Å²) >= 11 is 0. The van der Waals surface area contributed by atoms with Crippen LogP contribution >= 0.6 is 0 Å². The summed E-state index contributed by atoms with van der Waals surface area (Å²) in [6.07, 6.45) is 2.27. The van der Waals surface area contributed by atoms with Crippen LogP contribution in [0, 0.1) is 19.3 Å². The number of nitrogens with two attached hydrogens (primary N) is 1. The summed E-state index contributed by atoms with van der Waals surface area (Å²) in [5.41, 5.74) is 8.97. The lowest BCUT2D eigenvalue weighted by molar-refractivity contribution is 0.0831. The molecule has 3 rings (SSSR count). The van der Waals surface area contributed by atoms with E-state index in [1.54, 1.807) is 0 Å². The van der Waals surface area contributed by atoms with Gasteiger partial charge >= 0.3 is 0 Å². The minimum Gasteiger partial charge on any atom is -0.329 e. The molecule has 1 saturated heterocycles. The second-order valence-corrected chi connectivity index (χ2v) is 6.56. The fourth-order valence-corrected chi connectivity index (χ4v) is 3.48. The molecule has 2 N–H and O–H groups in total. The highest BCUT2D eigenvalue weighted by molar-refractivity contribution is 5.98. The molecule has 2 atom stereocenters. The van der Waals surface area contributed by atoms with Crippen LogP contribution in [0.2, 0.25) is 0 Å². The third-order valence-corrected chi connectivity index (χ3v) is 4.81. The lowest BCUT2D eigenvalue weighted by Crippen LogP contribution is -2.45. The van der Waals surface area contributed by atoms with Crippen molar-refractivity contribution in [3.05, 3.63) is 77.7 Å². The van der Waals surface area contributed by atoms with Gasteiger partial charge in [0.1, 0.15) is 0 Å². The van der Waals surface area contributed by atoms with Crippen LogP contribution in [0.5, 0.6) is 0 Å². The lowest BCUT2D eigenvalue weighted by Gasteiger charge is -2.38. The number of nitrogens with zero attached hydrogens (tertiary/aromatic N) is 1. The van der Waals surface area contributed by atoms with Crippen molar-refractivity contribution in [1.82, 2.24) is 4.90 Å². The average molecular weight is 321 g/mol. The van der Waals surface area contributed by atoms with E-state index in [1.165, 1.54) is 11.1 Å². The number of aryl methyl sites for hydroxylation is 1. The first-order chi connectivity index (χ1) is 11.7. The summed E-state index contributed by atoms with van der Waals surface area (Å²) in [4.78, 5) is 15.4. The lowest BCUT2D eigenvalue weighted by atomic mass is 9.76. The summed E-state index contributed by atoms with van der Waals surface area (Å²) in [6.45, 7) is 5.18. The zero-order valence-corrected chi connectivity index (χ0v) is 14.2. The fourth-order valence-electron chi connectivity index (χ4n) is 3.48. The van der Waals surface area contributed by atoms with Crippen molar-refractivity contribution in [2.24, 2.45) is 11.7 Å². The summed E-state index contributed by atoms with van der Waals surface area (Å²) in [7, 11) is 0. The van der Waals surface area contributed by atoms with E-state index in [2.05, 4.69) is 42.5 Å². The average Bonchev–Trinajstić information content (AvgIpc) is 2.63. The fraction of sp³-hybridized carbons (Fsp3) is 0.333. The number of benzene rings is 2. The molecule has 0 aromatic heterocycles. The van der Waals surface area contributed by atoms with Crippen molar-refractivity contribution >= 4 is 5.78 Å². The molecule has 0 bridgehead atoms. The van der Waals surface area contributed by atoms with E-state index < -0.39 is 0 Å². The van der Waals surface area contributed by atoms with Crippen LogP contribution in [0.3, 0.4) is 0 Å². The summed E-state index contributed by atoms with van der Waals surface area (Å²) in [5, 5.41) is 0. The highest BCUT2D eigenvalue weighted by Crippen LogP contribution is 2.34. The van der Waals surface area contributed by atoms with E-state index in [0.29, 0.717) is 6.54 Å². The van der Waals surface area contributed by atoms with E-state index in [-0.39, 0.29) is 17.6 Å². The Labute approximate surface area is 144 Å². The van der Waals surface area contributed by atoms with Gasteiger partial charge in [-0.05, 0) is 24.8 Å². The summed E-state index contributed by atoms with van der Waals surface area (Å²) in [5.74, 6) is 0.321. The molecule has 2 aromatic rings. The molecule has 24 heavy (non-hydrogen) atoms. The first-order valence-corrected chi connectivity index (χ1v) is 8.60. The van der Waals surface area contributed by atoms with Crippen molar-refractivity contribution in [2.75, 3.05) is 26.2 Å². The summed E-state index contributed by atoms with van der Waals surface area (Å²) in [6, 6.07) is 18.2. The molecule has 3 heteroatoms. The number of hydrogen-bond donors (Lipinski definition) is 1. The third kappa shape index (κ3) is 3.74. The first kappa shape index (κ1) is 16.9. The number of hydrogen-bond acceptors (Lipinski definition) is 3. The molecule has 2 aromatic carbocycles. The largest absolute Gasteiger partial charge is 0.329 e. The maximum Gasteiger partial charge on any atom is 0.167 e. The van der Waals surface area contributed by atoms with E-state index in [0.717, 1.165) is 25.2 Å². The summed E-state index contributed by atoms with van der Waals surface area (Å²) < 4.78 is 0. The van der Waals surface area contributed by atoms with Gasteiger partial charge in [0, 0.05) is 37.7 Å². The van der Waals surface area contributed by atoms with Gasteiger partial charge in [-0.15, -0.1) is 0 Å². The van der Waals surface area contributed by atoms with Gasteiger partial charge in [0.15, 0.2) is 5.78 Å². The van der Waals surface area contributed by atoms with Crippen molar-refractivity contribution in [1.29, 1.82) is 0 Å². The SMILES string of the molecule is Cc1ccc([C@H]2[CH]CN(CCN)C[C@H]2C(=O)c2ccccc2)cc1. The van der Waals surface area contributed by atoms with Crippen molar-refractivity contribution in [3.8, 4) is 0 Å². The van der Waals surface area contributed by atoms with Crippen molar-refractivity contribution in [3.63, 3.8) is 0 Å². The molecule has 0 amide bonds. The number of rotatable bonds is 5. The Balaban J connectivity index is 1.88. The van der Waals surface area contributed by atoms with Crippen LogP contribution < -0.4 is 5.73 Å². The second kappa shape index (κ2) is 7.73. The van der Waals surface area contributed by atoms with Gasteiger partial charge in [-0.3, -0.25) is 4.79 Å². The van der Waals surface area contributed by atoms with Crippen LogP contribution in [0.15, 0.2) is 54.6 Å². The van der Waals surface area contributed by atoms with E-state index >= 15 is 0 Å². The highest BCUT2D eigenvalue weighted by atomic mass is 16.1. The molecule has 125 valence electrons. The quantitative estimate of drug-likeness (QED) is 0.861. The number of carbonyl (C=O) groups is 1. The predicted octanol–water partition coefficient (Wildman–Crippen LogP) is 3.06. The molecule has 1 aliphatic heterocycles. The molecular weight excluding hydrogens is 296 g/mol. The minimum atomic E-state index is -0.0598. The standard InChI is InChI=1S/C21H25N2O/c1-16-7-9-17(10-8-16)19-11-13-23(14-12-22)15-20(19)21(24)18-5-3-2-4-6-18/h2-11,19-20H,12-15,22H2,1H3/t19-,20-/m1/s1. The maximum absolute atomic E-state index is 13.1. The predicted molar refractivity (Wildman–Crippen MR) is 98.0 cm³/mol. The number of piperidine rings is 1. The van der Waals surface area contributed by atoms with E-state index in [4.69, 9.17) is 5.73 Å². The van der Waals surface area contributed by atoms with Crippen LogP contribution in [-0.2, 0) is 0 Å². The smallest absolute Gasteiger partial charge is 0.167 e. The van der Waals surface area contributed by atoms with Gasteiger partial charge < -0.3 is 10.6 Å². The molecule has 0 aliphatic carbocycles. The normalized spacial score (nSPS) is 21.6. The number of carbonyl (C=O) groups excluding carboxylic acids is 1. The highest BCUT2D eigenvalue weighted by Gasteiger charge is 2.35. The van der Waals surface area contributed by atoms with Gasteiger partial charge in [-0.2, -0.15) is 0 Å². The van der Waals surface area contributed by atoms with Gasteiger partial charge in [0.2, 0.25) is 0 Å². The van der Waals surface area contributed by atoms with E-state index in [1.807, 2.05) is 30.3 Å². The van der Waals surface area contributed by atoms with Crippen LogP contribution in [0.1, 0.15) is 27.4 Å². The molecule has 1 aliphatic rings. The molecule has 1 fully saturated rings. The van der Waals surface area contributed by atoms with Crippen LogP contribution in [-0.4, -0.2) is 36.9 Å². The Morgan fingerprint density at radius 2 is 1.83 bits per heavy atom. The third-order valence-electron chi connectivity index (χ3n) is 4.81. The zero-order valence-electron chi connectivity index (χ0n) is 14.2. The Bertz CT molecular complexity index is 666. The molecule has 0 saturated carbocycles. The molecule has 1 radical (unpaired) electrons. The van der Waals surface area contributed by atoms with Crippen LogP contribution in [0.4, 0.5) is 0 Å². The van der Waals surface area contributed by atoms with Crippen LogP contribution in [0.25, 0.3) is 0 Å². The Morgan fingerprint density at radius 1 is 1.12 bits per heavy atom. The van der Waals surface area contributed by atoms with E-state index in [9.17, 15) is 4.79 Å². The topological polar surface area (TPSA) is 46.3 Å². The Hall–Kier alpha value is -1.97. The van der Waals surface area contributed by atoms with Crippen molar-refractivity contribution < 1.29 is 4.79 Å².